The van der Waals surface area contributed by atoms with Crippen LogP contribution >= 0.6 is 27.5 Å². The van der Waals surface area contributed by atoms with Gasteiger partial charge in [0.1, 0.15) is 0 Å². The molecule has 76 valence electrons. The van der Waals surface area contributed by atoms with Gasteiger partial charge < -0.3 is 5.32 Å². The molecule has 4 heteroatoms. The molecule has 0 bridgehead atoms. The summed E-state index contributed by atoms with van der Waals surface area (Å²) in [5.41, 5.74) is 1.69. The molecule has 1 N–H and O–H groups in total. The molecule has 2 nitrogen and oxygen atoms in total. The van der Waals surface area contributed by atoms with Crippen LogP contribution in [0.3, 0.4) is 0 Å². The lowest BCUT2D eigenvalue weighted by Crippen LogP contribution is -2.09. The summed E-state index contributed by atoms with van der Waals surface area (Å²) < 4.78 is 0.848. The maximum Gasteiger partial charge on any atom is 0.224 e. The fourth-order valence-electron chi connectivity index (χ4n) is 0.981. The van der Waals surface area contributed by atoms with E-state index < -0.39 is 0 Å². The van der Waals surface area contributed by atoms with Gasteiger partial charge in [-0.3, -0.25) is 4.79 Å². The Morgan fingerprint density at radius 3 is 2.79 bits per heavy atom. The first-order valence-electron chi connectivity index (χ1n) is 4.30. The molecule has 0 saturated carbocycles. The minimum absolute atomic E-state index is 0.0226. The molecule has 0 radical (unpaired) electrons. The standard InChI is InChI=1S/C10H11BrClNO/c1-3-10(14)13-9-5-8(12)6(2)4-7(9)11/h4-5H,3H2,1-2H3,(H,13,14). The highest BCUT2D eigenvalue weighted by molar-refractivity contribution is 9.10. The van der Waals surface area contributed by atoms with Crippen LogP contribution in [0.1, 0.15) is 18.9 Å². The van der Waals surface area contributed by atoms with Crippen molar-refractivity contribution in [2.45, 2.75) is 20.3 Å². The number of halogens is 2. The first-order valence-corrected chi connectivity index (χ1v) is 5.47. The van der Waals surface area contributed by atoms with Crippen LogP contribution in [0.25, 0.3) is 0 Å². The van der Waals surface area contributed by atoms with Crippen molar-refractivity contribution in [1.82, 2.24) is 0 Å². The summed E-state index contributed by atoms with van der Waals surface area (Å²) in [6, 6.07) is 3.63. The Balaban J connectivity index is 2.98. The topological polar surface area (TPSA) is 29.1 Å². The molecule has 0 unspecified atom stereocenters. The minimum Gasteiger partial charge on any atom is -0.325 e. The monoisotopic (exact) mass is 275 g/mol. The highest BCUT2D eigenvalue weighted by atomic mass is 79.9. The third kappa shape index (κ3) is 2.72. The van der Waals surface area contributed by atoms with Crippen molar-refractivity contribution in [2.24, 2.45) is 0 Å². The molecule has 0 fully saturated rings. The van der Waals surface area contributed by atoms with Crippen LogP contribution in [0, 0.1) is 6.92 Å². The number of aryl methyl sites for hydroxylation is 1. The van der Waals surface area contributed by atoms with Crippen molar-refractivity contribution >= 4 is 39.1 Å². The van der Waals surface area contributed by atoms with Crippen LogP contribution in [0.2, 0.25) is 5.02 Å². The normalized spacial score (nSPS) is 10.0. The summed E-state index contributed by atoms with van der Waals surface area (Å²) in [5.74, 6) is -0.0226. The fraction of sp³-hybridized carbons (Fsp3) is 0.300. The second-order valence-electron chi connectivity index (χ2n) is 2.98. The quantitative estimate of drug-likeness (QED) is 0.875. The molecule has 0 saturated heterocycles. The maximum absolute atomic E-state index is 11.2. The molecule has 0 atom stereocenters. The number of carbonyl (C=O) groups excluding carboxylic acids is 1. The van der Waals surface area contributed by atoms with Crippen molar-refractivity contribution in [3.63, 3.8) is 0 Å². The molecule has 1 aromatic carbocycles. The Kier molecular flexibility index (Phi) is 3.96. The van der Waals surface area contributed by atoms with Crippen molar-refractivity contribution in [2.75, 3.05) is 5.32 Å². The molecular formula is C10H11BrClNO. The van der Waals surface area contributed by atoms with Crippen LogP contribution in [-0.2, 0) is 4.79 Å². The number of rotatable bonds is 2. The number of anilines is 1. The van der Waals surface area contributed by atoms with Crippen LogP contribution in [0.5, 0.6) is 0 Å². The first kappa shape index (κ1) is 11.5. The number of carbonyl (C=O) groups is 1. The second kappa shape index (κ2) is 4.80. The number of benzene rings is 1. The zero-order valence-corrected chi connectivity index (χ0v) is 10.4. The van der Waals surface area contributed by atoms with Gasteiger partial charge in [-0.25, -0.2) is 0 Å². The van der Waals surface area contributed by atoms with Gasteiger partial charge in [0, 0.05) is 15.9 Å². The van der Waals surface area contributed by atoms with Gasteiger partial charge in [0.05, 0.1) is 5.69 Å². The van der Waals surface area contributed by atoms with E-state index in [0.29, 0.717) is 17.1 Å². The van der Waals surface area contributed by atoms with Crippen LogP contribution in [0.4, 0.5) is 5.69 Å². The lowest BCUT2D eigenvalue weighted by molar-refractivity contribution is -0.115. The van der Waals surface area contributed by atoms with E-state index in [2.05, 4.69) is 21.2 Å². The predicted octanol–water partition coefficient (Wildman–Crippen LogP) is 3.76. The smallest absolute Gasteiger partial charge is 0.224 e. The third-order valence-electron chi connectivity index (χ3n) is 1.84. The molecule has 0 aromatic heterocycles. The zero-order chi connectivity index (χ0) is 10.7. The molecule has 0 aliphatic heterocycles. The maximum atomic E-state index is 11.2. The third-order valence-corrected chi connectivity index (χ3v) is 2.91. The van der Waals surface area contributed by atoms with E-state index in [4.69, 9.17) is 11.6 Å². The molecule has 1 rings (SSSR count). The molecule has 0 heterocycles. The lowest BCUT2D eigenvalue weighted by Gasteiger charge is -2.08. The van der Waals surface area contributed by atoms with Gasteiger partial charge >= 0.3 is 0 Å². The van der Waals surface area contributed by atoms with Gasteiger partial charge in [-0.05, 0) is 40.5 Å². The van der Waals surface area contributed by atoms with Gasteiger partial charge in [-0.2, -0.15) is 0 Å². The van der Waals surface area contributed by atoms with E-state index in [1.165, 1.54) is 0 Å². The Labute approximate surface area is 96.8 Å². The summed E-state index contributed by atoms with van der Waals surface area (Å²) in [5, 5.41) is 3.41. The molecule has 14 heavy (non-hydrogen) atoms. The number of hydrogen-bond donors (Lipinski definition) is 1. The Morgan fingerprint density at radius 1 is 1.57 bits per heavy atom. The van der Waals surface area contributed by atoms with Crippen molar-refractivity contribution in [3.8, 4) is 0 Å². The van der Waals surface area contributed by atoms with Gasteiger partial charge in [0.25, 0.3) is 0 Å². The molecule has 1 amide bonds. The van der Waals surface area contributed by atoms with E-state index in [1.807, 2.05) is 13.0 Å². The van der Waals surface area contributed by atoms with Crippen molar-refractivity contribution in [3.05, 3.63) is 27.2 Å². The summed E-state index contributed by atoms with van der Waals surface area (Å²) in [6.07, 6.45) is 0.456. The first-order chi connectivity index (χ1) is 6.54. The minimum atomic E-state index is -0.0226. The van der Waals surface area contributed by atoms with Crippen LogP contribution < -0.4 is 5.32 Å². The Hall–Kier alpha value is -0.540. The summed E-state index contributed by atoms with van der Waals surface area (Å²) >= 11 is 9.31. The van der Waals surface area contributed by atoms with E-state index >= 15 is 0 Å². The van der Waals surface area contributed by atoms with Gasteiger partial charge in [-0.15, -0.1) is 0 Å². The van der Waals surface area contributed by atoms with E-state index in [0.717, 1.165) is 10.0 Å². The summed E-state index contributed by atoms with van der Waals surface area (Å²) in [4.78, 5) is 11.2. The molecular weight excluding hydrogens is 265 g/mol. The molecule has 1 aromatic rings. The summed E-state index contributed by atoms with van der Waals surface area (Å²) in [7, 11) is 0. The predicted molar refractivity (Wildman–Crippen MR) is 62.8 cm³/mol. The second-order valence-corrected chi connectivity index (χ2v) is 4.24. The van der Waals surface area contributed by atoms with Crippen LogP contribution in [-0.4, -0.2) is 5.91 Å². The highest BCUT2D eigenvalue weighted by Crippen LogP contribution is 2.29. The zero-order valence-electron chi connectivity index (χ0n) is 8.03. The number of nitrogens with one attached hydrogen (secondary N) is 1. The van der Waals surface area contributed by atoms with Gasteiger partial charge in [-0.1, -0.05) is 18.5 Å². The average molecular weight is 277 g/mol. The number of amides is 1. The van der Waals surface area contributed by atoms with Gasteiger partial charge in [0.2, 0.25) is 5.91 Å². The summed E-state index contributed by atoms with van der Waals surface area (Å²) in [6.45, 7) is 3.72. The number of hydrogen-bond acceptors (Lipinski definition) is 1. The van der Waals surface area contributed by atoms with Crippen molar-refractivity contribution in [1.29, 1.82) is 0 Å². The van der Waals surface area contributed by atoms with E-state index in [1.54, 1.807) is 13.0 Å². The Morgan fingerprint density at radius 2 is 2.21 bits per heavy atom. The highest BCUT2D eigenvalue weighted by Gasteiger charge is 2.06. The molecule has 0 aliphatic carbocycles. The SMILES string of the molecule is CCC(=O)Nc1cc(Cl)c(C)cc1Br. The largest absolute Gasteiger partial charge is 0.325 e. The fourth-order valence-corrected chi connectivity index (χ4v) is 1.70. The molecule has 0 spiro atoms. The Bertz CT molecular complexity index is 365. The van der Waals surface area contributed by atoms with Gasteiger partial charge in [0.15, 0.2) is 0 Å². The molecule has 0 aliphatic rings. The van der Waals surface area contributed by atoms with E-state index in [-0.39, 0.29) is 5.91 Å². The average Bonchev–Trinajstić information content (AvgIpc) is 2.14. The van der Waals surface area contributed by atoms with E-state index in [9.17, 15) is 4.79 Å². The van der Waals surface area contributed by atoms with Crippen molar-refractivity contribution < 1.29 is 4.79 Å². The van der Waals surface area contributed by atoms with Crippen LogP contribution in [0.15, 0.2) is 16.6 Å². The lowest BCUT2D eigenvalue weighted by atomic mass is 10.2.